The fraction of sp³-hybridized carbons (Fsp3) is 0.235. The molecule has 0 aliphatic rings. The van der Waals surface area contributed by atoms with Gasteiger partial charge in [0.15, 0.2) is 0 Å². The first-order chi connectivity index (χ1) is 21.9. The van der Waals surface area contributed by atoms with Crippen molar-refractivity contribution in [3.8, 4) is 0 Å². The summed E-state index contributed by atoms with van der Waals surface area (Å²) >= 11 is 0. The van der Waals surface area contributed by atoms with E-state index < -0.39 is 48.4 Å². The van der Waals surface area contributed by atoms with Crippen molar-refractivity contribution in [3.05, 3.63) is 132 Å². The number of hydrogen-bond acceptors (Lipinski definition) is 7. The smallest absolute Gasteiger partial charge is 0.270 e. The van der Waals surface area contributed by atoms with Gasteiger partial charge in [-0.15, -0.1) is 0 Å². The van der Waals surface area contributed by atoms with Crippen LogP contribution in [0.5, 0.6) is 0 Å². The fourth-order valence-electron chi connectivity index (χ4n) is 4.58. The van der Waals surface area contributed by atoms with Gasteiger partial charge >= 0.3 is 0 Å². The number of rotatable bonds is 15. The van der Waals surface area contributed by atoms with E-state index in [1.54, 1.807) is 36.4 Å². The second kappa shape index (κ2) is 17.0. The average Bonchev–Trinajstić information content (AvgIpc) is 3.08. The molecule has 3 atom stereocenters. The van der Waals surface area contributed by atoms with Crippen LogP contribution in [-0.2, 0) is 22.4 Å². The van der Waals surface area contributed by atoms with E-state index in [9.17, 15) is 24.3 Å². The third-order valence-corrected chi connectivity index (χ3v) is 6.96. The largest absolute Gasteiger partial charge is 0.394 e. The second-order valence-corrected chi connectivity index (χ2v) is 10.3. The number of aliphatic hydroxyl groups excluding tert-OH is 1. The molecule has 4 amide bonds. The van der Waals surface area contributed by atoms with Gasteiger partial charge in [0.05, 0.1) is 12.6 Å². The number of amides is 4. The summed E-state index contributed by atoms with van der Waals surface area (Å²) in [6.45, 7) is -0.281. The van der Waals surface area contributed by atoms with Gasteiger partial charge in [-0.3, -0.25) is 29.1 Å². The fourth-order valence-corrected chi connectivity index (χ4v) is 4.58. The first-order valence-corrected chi connectivity index (χ1v) is 14.6. The van der Waals surface area contributed by atoms with Gasteiger partial charge in [-0.05, 0) is 41.8 Å². The molecule has 2 heterocycles. The Morgan fingerprint density at radius 1 is 0.600 bits per heavy atom. The van der Waals surface area contributed by atoms with Gasteiger partial charge in [0.1, 0.15) is 23.5 Å². The average molecular weight is 609 g/mol. The monoisotopic (exact) mass is 608 g/mol. The molecule has 0 saturated heterocycles. The highest BCUT2D eigenvalue weighted by Gasteiger charge is 2.26. The number of aliphatic hydroxyl groups is 1. The molecule has 0 bridgehead atoms. The minimum Gasteiger partial charge on any atom is -0.394 e. The Morgan fingerprint density at radius 3 is 1.51 bits per heavy atom. The quantitative estimate of drug-likeness (QED) is 0.138. The maximum atomic E-state index is 13.4. The molecule has 45 heavy (non-hydrogen) atoms. The van der Waals surface area contributed by atoms with Crippen LogP contribution in [0.3, 0.4) is 0 Å². The lowest BCUT2D eigenvalue weighted by atomic mass is 10.0. The summed E-state index contributed by atoms with van der Waals surface area (Å²) in [7, 11) is 0. The Kier molecular flexibility index (Phi) is 12.3. The third-order valence-electron chi connectivity index (χ3n) is 6.96. The summed E-state index contributed by atoms with van der Waals surface area (Å²) in [6, 6.07) is 25.9. The Balaban J connectivity index is 1.37. The number of aromatic nitrogens is 2. The predicted octanol–water partition coefficient (Wildman–Crippen LogP) is 1.84. The van der Waals surface area contributed by atoms with Crippen LogP contribution < -0.4 is 21.3 Å². The normalized spacial score (nSPS) is 12.6. The van der Waals surface area contributed by atoms with Crippen molar-refractivity contribution in [1.29, 1.82) is 0 Å². The van der Waals surface area contributed by atoms with E-state index >= 15 is 0 Å². The standard InChI is InChI=1S/C34H36N6O5/c41-23-26(38-34(45)30(22-25-13-5-2-6-14-25)40-33(44)28-16-8-10-19-36-28)17-20-37-31(42)29(21-24-11-3-1-4-12-24)39-32(43)27-15-7-9-18-35-27/h1-16,18-19,26,29-30,41H,17,20-23H2,(H,37,42)(H,38,45)(H,39,43)(H,40,44). The Bertz CT molecular complexity index is 1520. The SMILES string of the molecule is O=C(NC(Cc1ccccc1)C(=O)NCCC(CO)NC(=O)C(Cc1ccccc1)NC(=O)c1ccccn1)c1ccccn1. The minimum atomic E-state index is -0.942. The molecular weight excluding hydrogens is 572 g/mol. The molecule has 232 valence electrons. The van der Waals surface area contributed by atoms with E-state index in [4.69, 9.17) is 0 Å². The molecule has 0 spiro atoms. The van der Waals surface area contributed by atoms with Gasteiger partial charge in [0, 0.05) is 31.8 Å². The van der Waals surface area contributed by atoms with Gasteiger partial charge in [-0.25, -0.2) is 0 Å². The molecule has 3 unspecified atom stereocenters. The molecule has 2 aromatic heterocycles. The van der Waals surface area contributed by atoms with Gasteiger partial charge in [0.25, 0.3) is 11.8 Å². The van der Waals surface area contributed by atoms with E-state index in [-0.39, 0.29) is 37.2 Å². The van der Waals surface area contributed by atoms with Gasteiger partial charge in [-0.2, -0.15) is 0 Å². The number of hydrogen-bond donors (Lipinski definition) is 5. The van der Waals surface area contributed by atoms with E-state index in [1.165, 1.54) is 12.4 Å². The molecule has 0 radical (unpaired) electrons. The van der Waals surface area contributed by atoms with Crippen molar-refractivity contribution in [2.45, 2.75) is 37.4 Å². The number of nitrogens with one attached hydrogen (secondary N) is 4. The van der Waals surface area contributed by atoms with Crippen molar-refractivity contribution in [1.82, 2.24) is 31.2 Å². The first kappa shape index (κ1) is 32.5. The second-order valence-electron chi connectivity index (χ2n) is 10.3. The van der Waals surface area contributed by atoms with Crippen molar-refractivity contribution >= 4 is 23.6 Å². The zero-order valence-electron chi connectivity index (χ0n) is 24.6. The van der Waals surface area contributed by atoms with Crippen LogP contribution in [0.25, 0.3) is 0 Å². The highest BCUT2D eigenvalue weighted by molar-refractivity contribution is 5.97. The van der Waals surface area contributed by atoms with Gasteiger partial charge in [-0.1, -0.05) is 72.8 Å². The molecule has 0 saturated carbocycles. The molecule has 11 nitrogen and oxygen atoms in total. The van der Waals surface area contributed by atoms with Crippen molar-refractivity contribution in [2.75, 3.05) is 13.2 Å². The molecule has 0 fully saturated rings. The predicted molar refractivity (Wildman–Crippen MR) is 168 cm³/mol. The molecular formula is C34H36N6O5. The number of benzene rings is 2. The van der Waals surface area contributed by atoms with Crippen molar-refractivity contribution in [3.63, 3.8) is 0 Å². The molecule has 4 aromatic rings. The van der Waals surface area contributed by atoms with Crippen LogP contribution in [0.1, 0.15) is 38.5 Å². The number of carbonyl (C=O) groups is 4. The Morgan fingerprint density at radius 2 is 1.07 bits per heavy atom. The molecule has 11 heteroatoms. The zero-order chi connectivity index (χ0) is 31.9. The highest BCUT2D eigenvalue weighted by atomic mass is 16.3. The van der Waals surface area contributed by atoms with Gasteiger partial charge in [0.2, 0.25) is 11.8 Å². The molecule has 0 aliphatic carbocycles. The lowest BCUT2D eigenvalue weighted by molar-refractivity contribution is -0.124. The molecule has 5 N–H and O–H groups in total. The summed E-state index contributed by atoms with van der Waals surface area (Å²) in [6.07, 6.45) is 3.66. The zero-order valence-corrected chi connectivity index (χ0v) is 24.6. The molecule has 4 rings (SSSR count). The number of carbonyl (C=O) groups excluding carboxylic acids is 4. The summed E-state index contributed by atoms with van der Waals surface area (Å²) in [4.78, 5) is 60.3. The van der Waals surface area contributed by atoms with E-state index in [1.807, 2.05) is 60.7 Å². The maximum Gasteiger partial charge on any atom is 0.270 e. The summed E-state index contributed by atoms with van der Waals surface area (Å²) in [5.41, 5.74) is 2.05. The minimum absolute atomic E-state index is 0.110. The van der Waals surface area contributed by atoms with Crippen molar-refractivity contribution < 1.29 is 24.3 Å². The maximum absolute atomic E-state index is 13.4. The van der Waals surface area contributed by atoms with Crippen molar-refractivity contribution in [2.24, 2.45) is 0 Å². The number of nitrogens with zero attached hydrogens (tertiary/aromatic N) is 2. The van der Waals surface area contributed by atoms with E-state index in [2.05, 4.69) is 31.2 Å². The topological polar surface area (TPSA) is 162 Å². The van der Waals surface area contributed by atoms with Crippen LogP contribution in [0.4, 0.5) is 0 Å². The van der Waals surface area contributed by atoms with Crippen LogP contribution in [0, 0.1) is 0 Å². The highest BCUT2D eigenvalue weighted by Crippen LogP contribution is 2.07. The Labute approximate surface area is 261 Å². The molecule has 0 aliphatic heterocycles. The van der Waals surface area contributed by atoms with Crippen LogP contribution in [-0.4, -0.2) is 70.0 Å². The molecule has 2 aromatic carbocycles. The van der Waals surface area contributed by atoms with Crippen LogP contribution in [0.15, 0.2) is 109 Å². The lowest BCUT2D eigenvalue weighted by Crippen LogP contribution is -2.52. The summed E-state index contributed by atoms with van der Waals surface area (Å²) in [5, 5.41) is 21.1. The van der Waals surface area contributed by atoms with Gasteiger partial charge < -0.3 is 26.4 Å². The third kappa shape index (κ3) is 10.4. The Hall–Kier alpha value is -5.42. The number of pyridine rings is 2. The van der Waals surface area contributed by atoms with Crippen LogP contribution >= 0.6 is 0 Å². The van der Waals surface area contributed by atoms with E-state index in [0.717, 1.165) is 11.1 Å². The van der Waals surface area contributed by atoms with E-state index in [0.29, 0.717) is 0 Å². The lowest BCUT2D eigenvalue weighted by Gasteiger charge is -2.23. The first-order valence-electron chi connectivity index (χ1n) is 14.6. The summed E-state index contributed by atoms with van der Waals surface area (Å²) in [5.74, 6) is -1.89. The van der Waals surface area contributed by atoms with Crippen LogP contribution in [0.2, 0.25) is 0 Å². The summed E-state index contributed by atoms with van der Waals surface area (Å²) < 4.78 is 0.